The lowest BCUT2D eigenvalue weighted by molar-refractivity contribution is 1.44. The Balaban J connectivity index is 2.04. The lowest BCUT2D eigenvalue weighted by Crippen LogP contribution is -1.92. The average Bonchev–Trinajstić information content (AvgIpc) is 2.77. The number of hydrogen-bond acceptors (Lipinski definition) is 0. The molecule has 0 nitrogen and oxygen atoms in total. The molecular weight excluding hydrogens is 308 g/mol. The van der Waals surface area contributed by atoms with Gasteiger partial charge in [-0.2, -0.15) is 10.0 Å². The molecule has 0 unspecified atom stereocenters. The van der Waals surface area contributed by atoms with E-state index in [-0.39, 0.29) is 0 Å². The molecule has 0 aliphatic carbocycles. The normalized spacial score (nSPS) is 16.0. The molecule has 0 spiro atoms. The molecule has 0 saturated carbocycles. The zero-order valence-electron chi connectivity index (χ0n) is 12.6. The summed E-state index contributed by atoms with van der Waals surface area (Å²) in [5, 5.41) is 0.780. The second-order valence-electron chi connectivity index (χ2n) is 6.01. The second-order valence-corrected chi connectivity index (χ2v) is 9.98. The Morgan fingerprint density at radius 1 is 0.682 bits per heavy atom. The first-order valence-electron chi connectivity index (χ1n) is 7.31. The highest BCUT2D eigenvalue weighted by Gasteiger charge is 2.32. The maximum absolute atomic E-state index is 6.05. The van der Waals surface area contributed by atoms with Crippen molar-refractivity contribution in [2.24, 2.45) is 0 Å². The molecule has 0 bridgehead atoms. The van der Waals surface area contributed by atoms with Crippen LogP contribution in [0.2, 0.25) is 5.02 Å². The summed E-state index contributed by atoms with van der Waals surface area (Å²) in [6.45, 7) is 0. The molecule has 0 fully saturated rings. The predicted molar refractivity (Wildman–Crippen MR) is 98.3 cm³/mol. The standard InChI is InChI=1S/C20H17ClS/c1-22(2)18-8-4-3-6-17(18)20-16(7-5-9-19(20)22)14-10-12-15(21)13-11-14/h3-13H,1-2H3. The highest BCUT2D eigenvalue weighted by molar-refractivity contribution is 8.33. The van der Waals surface area contributed by atoms with Crippen LogP contribution in [0.3, 0.4) is 0 Å². The summed E-state index contributed by atoms with van der Waals surface area (Å²) in [5.41, 5.74) is 5.33. The number of rotatable bonds is 1. The molecule has 2 heteroatoms. The quantitative estimate of drug-likeness (QED) is 0.481. The van der Waals surface area contributed by atoms with Crippen molar-refractivity contribution in [1.82, 2.24) is 0 Å². The van der Waals surface area contributed by atoms with Crippen molar-refractivity contribution >= 4 is 21.6 Å². The van der Waals surface area contributed by atoms with Crippen molar-refractivity contribution < 1.29 is 0 Å². The fraction of sp³-hybridized carbons (Fsp3) is 0.100. The van der Waals surface area contributed by atoms with Crippen LogP contribution in [0, 0.1) is 0 Å². The number of benzene rings is 3. The highest BCUT2D eigenvalue weighted by Crippen LogP contribution is 2.68. The second kappa shape index (κ2) is 4.91. The van der Waals surface area contributed by atoms with Crippen molar-refractivity contribution in [1.29, 1.82) is 0 Å². The third kappa shape index (κ3) is 1.93. The third-order valence-corrected chi connectivity index (χ3v) is 7.58. The largest absolute Gasteiger partial charge is 0.192 e. The zero-order chi connectivity index (χ0) is 15.3. The van der Waals surface area contributed by atoms with E-state index < -0.39 is 10.0 Å². The van der Waals surface area contributed by atoms with E-state index in [1.54, 1.807) is 0 Å². The fourth-order valence-electron chi connectivity index (χ4n) is 3.34. The summed E-state index contributed by atoms with van der Waals surface area (Å²) < 4.78 is 0. The molecule has 0 N–H and O–H groups in total. The van der Waals surface area contributed by atoms with Gasteiger partial charge in [0.25, 0.3) is 0 Å². The highest BCUT2D eigenvalue weighted by atomic mass is 35.5. The molecule has 1 aliphatic heterocycles. The van der Waals surface area contributed by atoms with Crippen molar-refractivity contribution in [3.05, 3.63) is 71.8 Å². The van der Waals surface area contributed by atoms with Crippen molar-refractivity contribution in [2.45, 2.75) is 9.79 Å². The van der Waals surface area contributed by atoms with Gasteiger partial charge < -0.3 is 0 Å². The first kappa shape index (κ1) is 13.9. The number of halogens is 1. The lowest BCUT2D eigenvalue weighted by atomic mass is 9.95. The van der Waals surface area contributed by atoms with E-state index in [1.807, 2.05) is 12.1 Å². The Morgan fingerprint density at radius 3 is 2.09 bits per heavy atom. The maximum atomic E-state index is 6.05. The van der Waals surface area contributed by atoms with Gasteiger partial charge in [-0.05, 0) is 53.5 Å². The Hall–Kier alpha value is -1.70. The Bertz CT molecular complexity index is 863. The van der Waals surface area contributed by atoms with Crippen LogP contribution in [0.5, 0.6) is 0 Å². The molecule has 0 radical (unpaired) electrons. The van der Waals surface area contributed by atoms with Crippen LogP contribution in [-0.4, -0.2) is 12.5 Å². The summed E-state index contributed by atoms with van der Waals surface area (Å²) in [7, 11) is -0.930. The van der Waals surface area contributed by atoms with Gasteiger partial charge in [-0.15, -0.1) is 0 Å². The van der Waals surface area contributed by atoms with Gasteiger partial charge in [0.2, 0.25) is 0 Å². The molecular formula is C20H17ClS. The molecule has 3 aromatic rings. The summed E-state index contributed by atoms with van der Waals surface area (Å²) in [4.78, 5) is 2.98. The van der Waals surface area contributed by atoms with E-state index in [0.29, 0.717) is 0 Å². The van der Waals surface area contributed by atoms with Crippen LogP contribution < -0.4 is 0 Å². The van der Waals surface area contributed by atoms with E-state index in [0.717, 1.165) is 5.02 Å². The fourth-order valence-corrected chi connectivity index (χ4v) is 5.99. The van der Waals surface area contributed by atoms with Crippen LogP contribution in [0.15, 0.2) is 76.5 Å². The van der Waals surface area contributed by atoms with Crippen LogP contribution in [0.4, 0.5) is 0 Å². The van der Waals surface area contributed by atoms with Crippen molar-refractivity contribution in [2.75, 3.05) is 12.5 Å². The molecule has 0 amide bonds. The minimum atomic E-state index is -0.930. The van der Waals surface area contributed by atoms with Crippen molar-refractivity contribution in [3.63, 3.8) is 0 Å². The molecule has 22 heavy (non-hydrogen) atoms. The molecule has 1 aliphatic rings. The van der Waals surface area contributed by atoms with Gasteiger partial charge in [0.1, 0.15) is 0 Å². The van der Waals surface area contributed by atoms with E-state index in [2.05, 4.69) is 67.1 Å². The van der Waals surface area contributed by atoms with Crippen LogP contribution in [-0.2, 0) is 0 Å². The molecule has 0 saturated heterocycles. The molecule has 110 valence electrons. The predicted octanol–water partition coefficient (Wildman–Crippen LogP) is 6.47. The van der Waals surface area contributed by atoms with E-state index in [9.17, 15) is 0 Å². The summed E-state index contributed by atoms with van der Waals surface area (Å²) >= 11 is 6.05. The summed E-state index contributed by atoms with van der Waals surface area (Å²) in [5.74, 6) is 0. The van der Waals surface area contributed by atoms with Crippen LogP contribution in [0.25, 0.3) is 22.3 Å². The first-order chi connectivity index (χ1) is 10.6. The summed E-state index contributed by atoms with van der Waals surface area (Å²) in [6, 6.07) is 23.7. The van der Waals surface area contributed by atoms with Gasteiger partial charge in [-0.3, -0.25) is 0 Å². The van der Waals surface area contributed by atoms with Crippen LogP contribution in [0.1, 0.15) is 0 Å². The topological polar surface area (TPSA) is 0 Å². The average molecular weight is 325 g/mol. The summed E-state index contributed by atoms with van der Waals surface area (Å²) in [6.07, 6.45) is 4.78. The molecule has 4 rings (SSSR count). The zero-order valence-corrected chi connectivity index (χ0v) is 14.2. The number of fused-ring (bicyclic) bond motifs is 3. The van der Waals surface area contributed by atoms with Gasteiger partial charge in [0, 0.05) is 20.4 Å². The first-order valence-corrected chi connectivity index (χ1v) is 10.1. The molecule has 0 aromatic heterocycles. The Labute approximate surface area is 138 Å². The molecule has 3 aromatic carbocycles. The minimum Gasteiger partial charge on any atom is -0.192 e. The third-order valence-electron chi connectivity index (χ3n) is 4.44. The Kier molecular flexibility index (Phi) is 3.11. The van der Waals surface area contributed by atoms with E-state index >= 15 is 0 Å². The van der Waals surface area contributed by atoms with Crippen molar-refractivity contribution in [3.8, 4) is 22.3 Å². The smallest absolute Gasteiger partial charge is 0.0406 e. The van der Waals surface area contributed by atoms with Gasteiger partial charge in [0.15, 0.2) is 0 Å². The SMILES string of the molecule is CS1(C)c2ccccc2-c2c(-c3ccc(Cl)cc3)cccc21. The molecule has 0 atom stereocenters. The van der Waals surface area contributed by atoms with E-state index in [1.165, 1.54) is 32.0 Å². The van der Waals surface area contributed by atoms with Gasteiger partial charge in [-0.25, -0.2) is 0 Å². The number of hydrogen-bond donors (Lipinski definition) is 0. The monoisotopic (exact) mass is 324 g/mol. The Morgan fingerprint density at radius 2 is 1.32 bits per heavy atom. The van der Waals surface area contributed by atoms with Gasteiger partial charge in [-0.1, -0.05) is 54.1 Å². The minimum absolute atomic E-state index is 0.780. The van der Waals surface area contributed by atoms with E-state index in [4.69, 9.17) is 11.6 Å². The van der Waals surface area contributed by atoms with Gasteiger partial charge >= 0.3 is 0 Å². The lowest BCUT2D eigenvalue weighted by Gasteiger charge is -2.28. The van der Waals surface area contributed by atoms with Crippen LogP contribution >= 0.6 is 21.6 Å². The maximum Gasteiger partial charge on any atom is 0.0406 e. The molecule has 1 heterocycles. The van der Waals surface area contributed by atoms with Gasteiger partial charge in [0.05, 0.1) is 0 Å².